The highest BCUT2D eigenvalue weighted by Crippen LogP contribution is 2.19. The minimum atomic E-state index is -4.26. The fourth-order valence-corrected chi connectivity index (χ4v) is 2.95. The molecule has 0 unspecified atom stereocenters. The fourth-order valence-electron chi connectivity index (χ4n) is 1.40. The Morgan fingerprint density at radius 1 is 1.42 bits per heavy atom. The molecule has 2 N–H and O–H groups in total. The SMILES string of the molecule is CC(C)[C@@H](NS(=O)(=O)c1ccc(Cl)cc1F)C(=O)O. The topological polar surface area (TPSA) is 83.5 Å². The van der Waals surface area contributed by atoms with Crippen LogP contribution in [-0.4, -0.2) is 25.5 Å². The summed E-state index contributed by atoms with van der Waals surface area (Å²) in [7, 11) is -4.26. The van der Waals surface area contributed by atoms with Crippen LogP contribution in [-0.2, 0) is 14.8 Å². The van der Waals surface area contributed by atoms with Gasteiger partial charge in [0.15, 0.2) is 0 Å². The molecular formula is C11H13ClFNO4S. The average Bonchev–Trinajstić information content (AvgIpc) is 2.24. The third-order valence-corrected chi connectivity index (χ3v) is 4.11. The maximum atomic E-state index is 13.5. The van der Waals surface area contributed by atoms with Crippen LogP contribution in [0.2, 0.25) is 5.02 Å². The van der Waals surface area contributed by atoms with Crippen molar-refractivity contribution in [2.75, 3.05) is 0 Å². The van der Waals surface area contributed by atoms with Crippen molar-refractivity contribution in [1.29, 1.82) is 0 Å². The summed E-state index contributed by atoms with van der Waals surface area (Å²) in [5, 5.41) is 8.98. The molecule has 0 fully saturated rings. The molecule has 0 amide bonds. The first-order valence-corrected chi connectivity index (χ1v) is 7.21. The number of halogens is 2. The van der Waals surface area contributed by atoms with Crippen LogP contribution in [0.25, 0.3) is 0 Å². The second-order valence-corrected chi connectivity index (χ2v) is 6.37. The van der Waals surface area contributed by atoms with E-state index < -0.39 is 38.7 Å². The molecule has 0 aliphatic carbocycles. The predicted octanol–water partition coefficient (Wildman–Crippen LogP) is 1.87. The Hall–Kier alpha value is -1.18. The van der Waals surface area contributed by atoms with E-state index in [9.17, 15) is 17.6 Å². The Bertz CT molecular complexity index is 588. The van der Waals surface area contributed by atoms with Gasteiger partial charge in [-0.05, 0) is 24.1 Å². The normalized spacial score (nSPS) is 13.5. The number of aliphatic carboxylic acids is 1. The zero-order valence-electron chi connectivity index (χ0n) is 10.2. The maximum Gasteiger partial charge on any atom is 0.322 e. The zero-order chi connectivity index (χ0) is 14.8. The lowest BCUT2D eigenvalue weighted by Crippen LogP contribution is -2.44. The Morgan fingerprint density at radius 2 is 2.00 bits per heavy atom. The van der Waals surface area contributed by atoms with E-state index in [1.54, 1.807) is 13.8 Å². The number of carboxylic acid groups (broad SMARTS) is 1. The van der Waals surface area contributed by atoms with Gasteiger partial charge in [-0.1, -0.05) is 25.4 Å². The lowest BCUT2D eigenvalue weighted by molar-refractivity contribution is -0.140. The quantitative estimate of drug-likeness (QED) is 0.869. The molecule has 1 rings (SSSR count). The van der Waals surface area contributed by atoms with Crippen LogP contribution in [0.5, 0.6) is 0 Å². The number of carboxylic acids is 1. The second-order valence-electron chi connectivity index (χ2n) is 4.26. The molecule has 0 aromatic heterocycles. The van der Waals surface area contributed by atoms with Crippen molar-refractivity contribution < 1.29 is 22.7 Å². The number of sulfonamides is 1. The first-order chi connectivity index (χ1) is 8.65. The number of rotatable bonds is 5. The summed E-state index contributed by atoms with van der Waals surface area (Å²) < 4.78 is 39.4. The molecule has 0 saturated heterocycles. The number of carbonyl (C=O) groups is 1. The summed E-state index contributed by atoms with van der Waals surface area (Å²) in [4.78, 5) is 10.3. The highest BCUT2D eigenvalue weighted by molar-refractivity contribution is 7.89. The summed E-state index contributed by atoms with van der Waals surface area (Å²) in [6, 6.07) is 1.71. The number of hydrogen-bond donors (Lipinski definition) is 2. The van der Waals surface area contributed by atoms with Crippen molar-refractivity contribution in [2.45, 2.75) is 24.8 Å². The summed E-state index contributed by atoms with van der Waals surface area (Å²) in [5.74, 6) is -2.84. The molecule has 8 heteroatoms. The van der Waals surface area contributed by atoms with E-state index in [2.05, 4.69) is 0 Å². The van der Waals surface area contributed by atoms with Gasteiger partial charge in [0, 0.05) is 5.02 Å². The minimum absolute atomic E-state index is 0.0510. The Balaban J connectivity index is 3.14. The lowest BCUT2D eigenvalue weighted by Gasteiger charge is -2.18. The van der Waals surface area contributed by atoms with Gasteiger partial charge in [0.2, 0.25) is 10.0 Å². The van der Waals surface area contributed by atoms with Crippen LogP contribution in [0.15, 0.2) is 23.1 Å². The molecule has 0 aliphatic rings. The maximum absolute atomic E-state index is 13.5. The molecule has 0 bridgehead atoms. The summed E-state index contributed by atoms with van der Waals surface area (Å²) >= 11 is 5.52. The van der Waals surface area contributed by atoms with Crippen LogP contribution >= 0.6 is 11.6 Å². The molecule has 19 heavy (non-hydrogen) atoms. The Morgan fingerprint density at radius 3 is 2.42 bits per heavy atom. The smallest absolute Gasteiger partial charge is 0.322 e. The number of hydrogen-bond acceptors (Lipinski definition) is 3. The highest BCUT2D eigenvalue weighted by atomic mass is 35.5. The van der Waals surface area contributed by atoms with E-state index in [0.717, 1.165) is 12.1 Å². The summed E-state index contributed by atoms with van der Waals surface area (Å²) in [6.07, 6.45) is 0. The average molecular weight is 310 g/mol. The van der Waals surface area contributed by atoms with Gasteiger partial charge in [-0.15, -0.1) is 0 Å². The first kappa shape index (κ1) is 15.9. The van der Waals surface area contributed by atoms with Crippen molar-refractivity contribution in [1.82, 2.24) is 4.72 Å². The monoisotopic (exact) mass is 309 g/mol. The van der Waals surface area contributed by atoms with Crippen molar-refractivity contribution in [3.05, 3.63) is 29.0 Å². The molecule has 1 aromatic carbocycles. The third kappa shape index (κ3) is 3.89. The lowest BCUT2D eigenvalue weighted by atomic mass is 10.1. The molecule has 0 saturated carbocycles. The molecular weight excluding hydrogens is 297 g/mol. The van der Waals surface area contributed by atoms with Gasteiger partial charge < -0.3 is 5.11 Å². The van der Waals surface area contributed by atoms with Gasteiger partial charge in [-0.3, -0.25) is 4.79 Å². The fraction of sp³-hybridized carbons (Fsp3) is 0.364. The minimum Gasteiger partial charge on any atom is -0.480 e. The Labute approximate surface area is 115 Å². The van der Waals surface area contributed by atoms with E-state index in [4.69, 9.17) is 16.7 Å². The van der Waals surface area contributed by atoms with Crippen LogP contribution in [0, 0.1) is 11.7 Å². The van der Waals surface area contributed by atoms with Gasteiger partial charge in [0.25, 0.3) is 0 Å². The molecule has 5 nitrogen and oxygen atoms in total. The van der Waals surface area contributed by atoms with Crippen LogP contribution < -0.4 is 4.72 Å². The van der Waals surface area contributed by atoms with Crippen LogP contribution in [0.3, 0.4) is 0 Å². The zero-order valence-corrected chi connectivity index (χ0v) is 11.8. The van der Waals surface area contributed by atoms with Gasteiger partial charge >= 0.3 is 5.97 Å². The summed E-state index contributed by atoms with van der Waals surface area (Å²) in [5.41, 5.74) is 0. The molecule has 0 aliphatic heterocycles. The molecule has 0 radical (unpaired) electrons. The highest BCUT2D eigenvalue weighted by Gasteiger charge is 2.29. The summed E-state index contributed by atoms with van der Waals surface area (Å²) in [6.45, 7) is 3.08. The third-order valence-electron chi connectivity index (χ3n) is 2.40. The second kappa shape index (κ2) is 5.85. The first-order valence-electron chi connectivity index (χ1n) is 5.35. The van der Waals surface area contributed by atoms with E-state index in [1.807, 2.05) is 4.72 Å². The van der Waals surface area contributed by atoms with Crippen LogP contribution in [0.1, 0.15) is 13.8 Å². The molecule has 0 heterocycles. The van der Waals surface area contributed by atoms with Crippen LogP contribution in [0.4, 0.5) is 4.39 Å². The Kier molecular flexibility index (Phi) is 4.89. The molecule has 0 spiro atoms. The van der Waals surface area contributed by atoms with Gasteiger partial charge in [-0.25, -0.2) is 12.8 Å². The molecule has 106 valence electrons. The van der Waals surface area contributed by atoms with E-state index >= 15 is 0 Å². The number of nitrogens with one attached hydrogen (secondary N) is 1. The predicted molar refractivity (Wildman–Crippen MR) is 68.0 cm³/mol. The van der Waals surface area contributed by atoms with Crippen molar-refractivity contribution in [2.24, 2.45) is 5.92 Å². The molecule has 1 atom stereocenters. The molecule has 1 aromatic rings. The van der Waals surface area contributed by atoms with Crippen molar-refractivity contribution in [3.63, 3.8) is 0 Å². The van der Waals surface area contributed by atoms with E-state index in [-0.39, 0.29) is 5.02 Å². The van der Waals surface area contributed by atoms with Crippen molar-refractivity contribution >= 4 is 27.6 Å². The van der Waals surface area contributed by atoms with E-state index in [0.29, 0.717) is 0 Å². The largest absolute Gasteiger partial charge is 0.480 e. The van der Waals surface area contributed by atoms with E-state index in [1.165, 1.54) is 6.07 Å². The standard InChI is InChI=1S/C11H13ClFNO4S/c1-6(2)10(11(15)16)14-19(17,18)9-4-3-7(12)5-8(9)13/h3-6,10,14H,1-2H3,(H,15,16)/t10-/m1/s1. The van der Waals surface area contributed by atoms with Gasteiger partial charge in [-0.2, -0.15) is 4.72 Å². The van der Waals surface area contributed by atoms with Gasteiger partial charge in [0.1, 0.15) is 16.8 Å². The van der Waals surface area contributed by atoms with Crippen molar-refractivity contribution in [3.8, 4) is 0 Å². The van der Waals surface area contributed by atoms with Gasteiger partial charge in [0.05, 0.1) is 0 Å². The number of benzene rings is 1.